The van der Waals surface area contributed by atoms with Gasteiger partial charge in [-0.15, -0.1) is 0 Å². The molecule has 1 nitrogen and oxygen atoms in total. The molecule has 133 valence electrons. The predicted molar refractivity (Wildman–Crippen MR) is 117 cm³/mol. The largest absolute Gasteiger partial charge is 0.254 e. The first kappa shape index (κ1) is 15.8. The van der Waals surface area contributed by atoms with E-state index in [0.29, 0.717) is 5.92 Å². The zero-order valence-electron chi connectivity index (χ0n) is 15.7. The summed E-state index contributed by atoms with van der Waals surface area (Å²) in [4.78, 5) is 4.19. The Bertz CT molecular complexity index is 1350. The summed E-state index contributed by atoms with van der Waals surface area (Å²) in [6.45, 7) is 0. The van der Waals surface area contributed by atoms with E-state index < -0.39 is 0 Å². The van der Waals surface area contributed by atoms with Crippen molar-refractivity contribution in [3.63, 3.8) is 0 Å². The van der Waals surface area contributed by atoms with Crippen molar-refractivity contribution in [2.75, 3.05) is 0 Å². The van der Waals surface area contributed by atoms with Crippen LogP contribution < -0.4 is 0 Å². The van der Waals surface area contributed by atoms with Crippen LogP contribution in [0.2, 0.25) is 0 Å². The smallest absolute Gasteiger partial charge is 0.0970 e. The molecule has 1 atom stereocenters. The number of aryl methyl sites for hydroxylation is 1. The summed E-state index contributed by atoms with van der Waals surface area (Å²) in [6, 6.07) is 26.9. The molecule has 5 aromatic rings. The minimum Gasteiger partial charge on any atom is -0.254 e. The first-order valence-corrected chi connectivity index (χ1v) is 10.1. The molecule has 0 fully saturated rings. The highest BCUT2D eigenvalue weighted by Gasteiger charge is 2.23. The fourth-order valence-corrected chi connectivity index (χ4v) is 5.01. The Hall–Kier alpha value is -3.19. The standard InChI is InChI=1S/C27H20N/c1-2-5-22-19(4-1)10-11-27-24-7-3-6-23(26(24)13-12-25(22)27)20-9-8-18-14-15-28-17-21(18)16-20/h1-2,4-5,8-16,23H,3,6-7H2. The summed E-state index contributed by atoms with van der Waals surface area (Å²) in [7, 11) is 0. The van der Waals surface area contributed by atoms with Gasteiger partial charge in [0.05, 0.1) is 6.20 Å². The van der Waals surface area contributed by atoms with Crippen LogP contribution in [0.1, 0.15) is 35.4 Å². The van der Waals surface area contributed by atoms with Crippen LogP contribution in [0.3, 0.4) is 0 Å². The summed E-state index contributed by atoms with van der Waals surface area (Å²) in [5.41, 5.74) is 4.42. The molecule has 0 bridgehead atoms. The van der Waals surface area contributed by atoms with Crippen molar-refractivity contribution < 1.29 is 0 Å². The molecule has 0 saturated heterocycles. The molecule has 1 aliphatic rings. The molecule has 1 unspecified atom stereocenters. The highest BCUT2D eigenvalue weighted by Crippen LogP contribution is 2.41. The van der Waals surface area contributed by atoms with Gasteiger partial charge >= 0.3 is 0 Å². The number of nitrogens with zero attached hydrogens (tertiary/aromatic N) is 1. The van der Waals surface area contributed by atoms with Crippen molar-refractivity contribution in [1.29, 1.82) is 0 Å². The van der Waals surface area contributed by atoms with E-state index in [1.807, 2.05) is 6.20 Å². The minimum atomic E-state index is 0.456. The summed E-state index contributed by atoms with van der Waals surface area (Å²) in [5, 5.41) is 7.80. The molecule has 0 spiro atoms. The van der Waals surface area contributed by atoms with Crippen molar-refractivity contribution >= 4 is 32.3 Å². The zero-order valence-corrected chi connectivity index (χ0v) is 15.7. The Balaban J connectivity index is 1.56. The van der Waals surface area contributed by atoms with Gasteiger partial charge in [0.25, 0.3) is 0 Å². The normalized spacial score (nSPS) is 16.5. The minimum absolute atomic E-state index is 0.456. The monoisotopic (exact) mass is 358 g/mol. The highest BCUT2D eigenvalue weighted by molar-refractivity contribution is 6.08. The Morgan fingerprint density at radius 1 is 0.786 bits per heavy atom. The summed E-state index contributed by atoms with van der Waals surface area (Å²) < 4.78 is 0. The topological polar surface area (TPSA) is 12.9 Å². The van der Waals surface area contributed by atoms with Crippen LogP contribution >= 0.6 is 0 Å². The zero-order chi connectivity index (χ0) is 18.5. The van der Waals surface area contributed by atoms with Crippen LogP contribution in [0.15, 0.2) is 79.0 Å². The molecule has 0 aliphatic heterocycles. The molecule has 0 N–H and O–H groups in total. The third kappa shape index (κ3) is 2.36. The summed E-state index contributed by atoms with van der Waals surface area (Å²) in [5.74, 6) is 0.456. The quantitative estimate of drug-likeness (QED) is 0.300. The van der Waals surface area contributed by atoms with E-state index in [0.717, 1.165) is 5.39 Å². The van der Waals surface area contributed by atoms with E-state index in [1.165, 1.54) is 62.9 Å². The van der Waals surface area contributed by atoms with Crippen LogP contribution in [0.4, 0.5) is 0 Å². The van der Waals surface area contributed by atoms with Gasteiger partial charge in [-0.2, -0.15) is 0 Å². The summed E-state index contributed by atoms with van der Waals surface area (Å²) >= 11 is 0. The lowest BCUT2D eigenvalue weighted by atomic mass is 9.76. The molecule has 28 heavy (non-hydrogen) atoms. The van der Waals surface area contributed by atoms with Crippen LogP contribution in [-0.2, 0) is 6.42 Å². The van der Waals surface area contributed by atoms with Gasteiger partial charge in [-0.3, -0.25) is 4.98 Å². The molecule has 1 heterocycles. The average Bonchev–Trinajstić information content (AvgIpc) is 2.78. The number of benzene rings is 4. The molecule has 1 radical (unpaired) electrons. The average molecular weight is 358 g/mol. The maximum atomic E-state index is 4.19. The molecule has 1 heteroatoms. The highest BCUT2D eigenvalue weighted by atomic mass is 14.6. The van der Waals surface area contributed by atoms with Crippen molar-refractivity contribution in [2.24, 2.45) is 0 Å². The fraction of sp³-hybridized carbons (Fsp3) is 0.148. The predicted octanol–water partition coefficient (Wildman–Crippen LogP) is 6.81. The van der Waals surface area contributed by atoms with E-state index in [2.05, 4.69) is 84.0 Å². The van der Waals surface area contributed by atoms with Crippen molar-refractivity contribution in [2.45, 2.75) is 25.2 Å². The van der Waals surface area contributed by atoms with Crippen molar-refractivity contribution in [3.8, 4) is 0 Å². The second-order valence-electron chi connectivity index (χ2n) is 7.86. The van der Waals surface area contributed by atoms with Gasteiger partial charge in [-0.05, 0) is 75.0 Å². The molecule has 1 aliphatic carbocycles. The first-order chi connectivity index (χ1) is 13.9. The molecule has 6 rings (SSSR count). The van der Waals surface area contributed by atoms with Gasteiger partial charge in [0.2, 0.25) is 0 Å². The maximum Gasteiger partial charge on any atom is 0.0970 e. The molecular weight excluding hydrogens is 338 g/mol. The number of fused-ring (bicyclic) bond motifs is 6. The van der Waals surface area contributed by atoms with Crippen molar-refractivity contribution in [1.82, 2.24) is 4.98 Å². The van der Waals surface area contributed by atoms with Crippen LogP contribution in [0.25, 0.3) is 32.3 Å². The van der Waals surface area contributed by atoms with Crippen LogP contribution in [0, 0.1) is 6.20 Å². The van der Waals surface area contributed by atoms with Gasteiger partial charge in [-0.25, -0.2) is 0 Å². The van der Waals surface area contributed by atoms with Gasteiger partial charge in [0, 0.05) is 17.5 Å². The van der Waals surface area contributed by atoms with Gasteiger partial charge in [-0.1, -0.05) is 60.7 Å². The maximum absolute atomic E-state index is 4.19. The lowest BCUT2D eigenvalue weighted by Gasteiger charge is -2.27. The molecule has 1 aromatic heterocycles. The van der Waals surface area contributed by atoms with Crippen LogP contribution in [-0.4, -0.2) is 4.98 Å². The summed E-state index contributed by atoms with van der Waals surface area (Å²) in [6.07, 6.45) is 8.58. The van der Waals surface area contributed by atoms with Gasteiger partial charge < -0.3 is 0 Å². The Labute approximate surface area is 164 Å². The number of aromatic nitrogens is 1. The molecular formula is C27H20N. The van der Waals surface area contributed by atoms with E-state index in [1.54, 1.807) is 0 Å². The lowest BCUT2D eigenvalue weighted by molar-refractivity contribution is 0.620. The lowest BCUT2D eigenvalue weighted by Crippen LogP contribution is -2.11. The third-order valence-corrected chi connectivity index (χ3v) is 6.36. The molecule has 0 amide bonds. The Morgan fingerprint density at radius 2 is 1.68 bits per heavy atom. The second-order valence-corrected chi connectivity index (χ2v) is 7.86. The number of rotatable bonds is 1. The van der Waals surface area contributed by atoms with E-state index in [9.17, 15) is 0 Å². The van der Waals surface area contributed by atoms with Crippen molar-refractivity contribution in [3.05, 3.63) is 102 Å². The Morgan fingerprint density at radius 3 is 2.68 bits per heavy atom. The second kappa shape index (κ2) is 6.17. The van der Waals surface area contributed by atoms with Gasteiger partial charge in [0.15, 0.2) is 0 Å². The van der Waals surface area contributed by atoms with E-state index >= 15 is 0 Å². The van der Waals surface area contributed by atoms with E-state index in [-0.39, 0.29) is 0 Å². The third-order valence-electron chi connectivity index (χ3n) is 6.36. The molecule has 0 saturated carbocycles. The number of pyridine rings is 1. The van der Waals surface area contributed by atoms with Gasteiger partial charge in [0.1, 0.15) is 0 Å². The molecule has 4 aromatic carbocycles. The first-order valence-electron chi connectivity index (χ1n) is 10.1. The van der Waals surface area contributed by atoms with E-state index in [4.69, 9.17) is 0 Å². The van der Waals surface area contributed by atoms with Crippen LogP contribution in [0.5, 0.6) is 0 Å². The SMILES string of the molecule is [c]1nccc2ccc(C3CCCc4c3ccc3c4ccc4ccccc43)cc12. The fourth-order valence-electron chi connectivity index (χ4n) is 5.01. The Kier molecular flexibility index (Phi) is 3.49. The number of hydrogen-bond donors (Lipinski definition) is 0. The number of hydrogen-bond acceptors (Lipinski definition) is 1.